The van der Waals surface area contributed by atoms with Crippen LogP contribution in [0.4, 0.5) is 0 Å². The fourth-order valence-electron chi connectivity index (χ4n) is 4.29. The quantitative estimate of drug-likeness (QED) is 0.400. The number of hydrogen-bond acceptors (Lipinski definition) is 2. The smallest absolute Gasteiger partial charge is 0.185 e. The van der Waals surface area contributed by atoms with E-state index in [9.17, 15) is 0 Å². The first kappa shape index (κ1) is 16.6. The molecule has 0 unspecified atom stereocenters. The zero-order chi connectivity index (χ0) is 15.1. The lowest BCUT2D eigenvalue weighted by atomic mass is 9.64. The molecule has 2 fully saturated rings. The van der Waals surface area contributed by atoms with E-state index in [1.54, 1.807) is 0 Å². The van der Waals surface area contributed by atoms with Gasteiger partial charge in [0, 0.05) is 18.6 Å². The van der Waals surface area contributed by atoms with Crippen LogP contribution in [-0.4, -0.2) is 24.6 Å². The third kappa shape index (κ3) is 5.50. The molecular weight excluding hydrogens is 260 g/mol. The maximum Gasteiger partial charge on any atom is 0.185 e. The van der Waals surface area contributed by atoms with Crippen molar-refractivity contribution in [3.8, 4) is 0 Å². The summed E-state index contributed by atoms with van der Waals surface area (Å²) >= 11 is 0. The monoisotopic (exact) mass is 294 g/mol. The molecule has 0 aliphatic heterocycles. The maximum absolute atomic E-state index is 5.34. The highest BCUT2D eigenvalue weighted by Gasteiger charge is 2.36. The molecule has 0 radical (unpaired) electrons. The molecule has 4 heteroatoms. The van der Waals surface area contributed by atoms with E-state index in [1.165, 1.54) is 57.8 Å². The molecule has 1 spiro atoms. The maximum atomic E-state index is 5.34. The third-order valence-corrected chi connectivity index (χ3v) is 5.57. The average molecular weight is 294 g/mol. The summed E-state index contributed by atoms with van der Waals surface area (Å²) in [6.45, 7) is 3.04. The van der Waals surface area contributed by atoms with Gasteiger partial charge in [-0.25, -0.2) is 0 Å². The zero-order valence-electron chi connectivity index (χ0n) is 13.7. The van der Waals surface area contributed by atoms with Gasteiger partial charge in [-0.1, -0.05) is 19.3 Å². The van der Waals surface area contributed by atoms with E-state index < -0.39 is 0 Å². The van der Waals surface area contributed by atoms with Crippen molar-refractivity contribution < 1.29 is 0 Å². The number of hydrogen-bond donors (Lipinski definition) is 3. The first-order valence-electron chi connectivity index (χ1n) is 8.91. The first-order valence-corrected chi connectivity index (χ1v) is 8.91. The van der Waals surface area contributed by atoms with Crippen molar-refractivity contribution in [3.05, 3.63) is 0 Å². The minimum Gasteiger partial charge on any atom is -0.370 e. The fraction of sp³-hybridized carbons (Fsp3) is 0.941. The van der Waals surface area contributed by atoms with Crippen LogP contribution < -0.4 is 16.8 Å². The van der Waals surface area contributed by atoms with E-state index in [2.05, 4.69) is 17.2 Å². The van der Waals surface area contributed by atoms with Gasteiger partial charge in [-0.2, -0.15) is 0 Å². The Balaban J connectivity index is 1.62. The highest BCUT2D eigenvalue weighted by Crippen LogP contribution is 2.47. The number of aliphatic imine (C=N–C) groups is 1. The Hall–Kier alpha value is -0.770. The van der Waals surface area contributed by atoms with Gasteiger partial charge in [-0.3, -0.25) is 4.99 Å². The number of nitrogens with zero attached hydrogens (tertiary/aromatic N) is 1. The van der Waals surface area contributed by atoms with Crippen molar-refractivity contribution in [2.75, 3.05) is 6.54 Å². The van der Waals surface area contributed by atoms with Crippen LogP contribution in [0.3, 0.4) is 0 Å². The van der Waals surface area contributed by atoms with Crippen LogP contribution in [0.5, 0.6) is 0 Å². The SMILES string of the molecule is C[C@H](CCCN=C(N)N)NC1CCC2(CCCCC2)CC1. The molecule has 4 nitrogen and oxygen atoms in total. The molecule has 0 heterocycles. The summed E-state index contributed by atoms with van der Waals surface area (Å²) in [6.07, 6.45) is 15.3. The Labute approximate surface area is 130 Å². The van der Waals surface area contributed by atoms with Crippen LogP contribution in [0.25, 0.3) is 0 Å². The van der Waals surface area contributed by atoms with Crippen molar-refractivity contribution in [1.29, 1.82) is 0 Å². The molecular formula is C17H34N4. The summed E-state index contributed by atoms with van der Waals surface area (Å²) in [5, 5.41) is 3.82. The molecule has 0 aromatic carbocycles. The summed E-state index contributed by atoms with van der Waals surface area (Å²) < 4.78 is 0. The second-order valence-corrected chi connectivity index (χ2v) is 7.35. The van der Waals surface area contributed by atoms with E-state index in [-0.39, 0.29) is 5.96 Å². The first-order chi connectivity index (χ1) is 10.1. The Bertz CT molecular complexity index is 320. The zero-order valence-corrected chi connectivity index (χ0v) is 13.7. The summed E-state index contributed by atoms with van der Waals surface area (Å²) in [5.41, 5.74) is 11.4. The van der Waals surface area contributed by atoms with E-state index in [1.807, 2.05) is 0 Å². The van der Waals surface area contributed by atoms with E-state index in [0.717, 1.165) is 30.8 Å². The van der Waals surface area contributed by atoms with Crippen LogP contribution in [0.15, 0.2) is 4.99 Å². The second kappa shape index (κ2) is 8.02. The minimum atomic E-state index is 0.209. The molecule has 122 valence electrons. The molecule has 1 atom stereocenters. The predicted molar refractivity (Wildman–Crippen MR) is 90.3 cm³/mol. The van der Waals surface area contributed by atoms with Crippen LogP contribution in [0, 0.1) is 5.41 Å². The number of nitrogens with one attached hydrogen (secondary N) is 1. The topological polar surface area (TPSA) is 76.4 Å². The van der Waals surface area contributed by atoms with Gasteiger partial charge in [0.25, 0.3) is 0 Å². The van der Waals surface area contributed by atoms with Gasteiger partial charge in [-0.05, 0) is 63.7 Å². The summed E-state index contributed by atoms with van der Waals surface area (Å²) in [5.74, 6) is 0.209. The minimum absolute atomic E-state index is 0.209. The van der Waals surface area contributed by atoms with Crippen molar-refractivity contribution in [3.63, 3.8) is 0 Å². The van der Waals surface area contributed by atoms with Crippen LogP contribution in [0.2, 0.25) is 0 Å². The summed E-state index contributed by atoms with van der Waals surface area (Å²) in [7, 11) is 0. The van der Waals surface area contributed by atoms with Gasteiger partial charge < -0.3 is 16.8 Å². The molecule has 2 rings (SSSR count). The Morgan fingerprint density at radius 1 is 1.14 bits per heavy atom. The summed E-state index contributed by atoms with van der Waals surface area (Å²) in [6, 6.07) is 1.31. The van der Waals surface area contributed by atoms with Crippen molar-refractivity contribution >= 4 is 5.96 Å². The third-order valence-electron chi connectivity index (χ3n) is 5.57. The van der Waals surface area contributed by atoms with Gasteiger partial charge >= 0.3 is 0 Å². The van der Waals surface area contributed by atoms with Gasteiger partial charge in [0.2, 0.25) is 0 Å². The number of nitrogens with two attached hydrogens (primary N) is 2. The Kier molecular flexibility index (Phi) is 6.34. The molecule has 2 saturated carbocycles. The molecule has 0 amide bonds. The van der Waals surface area contributed by atoms with Crippen molar-refractivity contribution in [1.82, 2.24) is 5.32 Å². The molecule has 2 aliphatic rings. The van der Waals surface area contributed by atoms with Gasteiger partial charge in [-0.15, -0.1) is 0 Å². The predicted octanol–water partition coefficient (Wildman–Crippen LogP) is 2.91. The normalized spacial score (nSPS) is 23.9. The lowest BCUT2D eigenvalue weighted by molar-refractivity contribution is 0.104. The van der Waals surface area contributed by atoms with Crippen LogP contribution in [0.1, 0.15) is 77.6 Å². The van der Waals surface area contributed by atoms with Crippen LogP contribution >= 0.6 is 0 Å². The van der Waals surface area contributed by atoms with Crippen molar-refractivity contribution in [2.24, 2.45) is 21.9 Å². The molecule has 2 aliphatic carbocycles. The number of rotatable bonds is 6. The average Bonchev–Trinajstić information content (AvgIpc) is 2.47. The Morgan fingerprint density at radius 3 is 2.43 bits per heavy atom. The van der Waals surface area contributed by atoms with Gasteiger partial charge in [0.05, 0.1) is 0 Å². The van der Waals surface area contributed by atoms with Crippen LogP contribution in [-0.2, 0) is 0 Å². The van der Waals surface area contributed by atoms with Gasteiger partial charge in [0.15, 0.2) is 5.96 Å². The fourth-order valence-corrected chi connectivity index (χ4v) is 4.29. The molecule has 5 N–H and O–H groups in total. The van der Waals surface area contributed by atoms with E-state index in [0.29, 0.717) is 6.04 Å². The Morgan fingerprint density at radius 2 is 1.81 bits per heavy atom. The largest absolute Gasteiger partial charge is 0.370 e. The summed E-state index contributed by atoms with van der Waals surface area (Å²) in [4.78, 5) is 4.04. The highest BCUT2D eigenvalue weighted by atomic mass is 15.0. The molecule has 0 saturated heterocycles. The van der Waals surface area contributed by atoms with Crippen molar-refractivity contribution in [2.45, 2.75) is 89.6 Å². The molecule has 0 aromatic heterocycles. The van der Waals surface area contributed by atoms with E-state index >= 15 is 0 Å². The lowest BCUT2D eigenvalue weighted by Crippen LogP contribution is -2.42. The van der Waals surface area contributed by atoms with E-state index in [4.69, 9.17) is 11.5 Å². The molecule has 0 bridgehead atoms. The number of guanidine groups is 1. The van der Waals surface area contributed by atoms with Gasteiger partial charge in [0.1, 0.15) is 0 Å². The molecule has 21 heavy (non-hydrogen) atoms. The standard InChI is InChI=1S/C17H34N4/c1-14(6-5-13-20-16(18)19)21-15-7-11-17(12-8-15)9-3-2-4-10-17/h14-15,21H,2-13H2,1H3,(H4,18,19,20)/t14-/m1/s1. The molecule has 0 aromatic rings. The second-order valence-electron chi connectivity index (χ2n) is 7.35. The highest BCUT2D eigenvalue weighted by molar-refractivity contribution is 5.75. The lowest BCUT2D eigenvalue weighted by Gasteiger charge is -2.43.